The molecule has 1 aromatic carbocycles. The summed E-state index contributed by atoms with van der Waals surface area (Å²) in [6.07, 6.45) is 3.28. The first kappa shape index (κ1) is 25.1. The summed E-state index contributed by atoms with van der Waals surface area (Å²) in [7, 11) is 0. The molecule has 0 atom stereocenters. The molecule has 2 aliphatic rings. The molecule has 3 aromatic rings. The Morgan fingerprint density at radius 1 is 1.14 bits per heavy atom. The Labute approximate surface area is 214 Å². The number of anilines is 1. The van der Waals surface area contributed by atoms with Crippen LogP contribution in [0.4, 0.5) is 14.6 Å². The molecule has 1 fully saturated rings. The number of carbonyl (C=O) groups is 1. The van der Waals surface area contributed by atoms with Gasteiger partial charge in [-0.2, -0.15) is 0 Å². The second kappa shape index (κ2) is 10.5. The number of fused-ring (bicyclic) bond motifs is 1. The molecule has 1 saturated carbocycles. The second-order valence-electron chi connectivity index (χ2n) is 9.54. The van der Waals surface area contributed by atoms with Gasteiger partial charge in [-0.15, -0.1) is 0 Å². The summed E-state index contributed by atoms with van der Waals surface area (Å²) in [6, 6.07) is 7.41. The number of aromatic nitrogens is 3. The van der Waals surface area contributed by atoms with Crippen LogP contribution in [0.2, 0.25) is 0 Å². The fraction of sp³-hybridized carbons (Fsp3) is 0.444. The van der Waals surface area contributed by atoms with Crippen molar-refractivity contribution in [2.75, 3.05) is 31.3 Å². The van der Waals surface area contributed by atoms with Gasteiger partial charge in [-0.25, -0.2) is 18.7 Å². The van der Waals surface area contributed by atoms with Gasteiger partial charge in [0.25, 0.3) is 11.8 Å². The van der Waals surface area contributed by atoms with E-state index >= 15 is 4.39 Å². The van der Waals surface area contributed by atoms with Gasteiger partial charge in [0, 0.05) is 31.8 Å². The Kier molecular flexibility index (Phi) is 7.10. The maximum atomic E-state index is 15.2. The Morgan fingerprint density at radius 2 is 1.89 bits per heavy atom. The number of rotatable bonds is 9. The third-order valence-electron chi connectivity index (χ3n) is 7.01. The van der Waals surface area contributed by atoms with Crippen LogP contribution in [0.3, 0.4) is 0 Å². The smallest absolute Gasteiger partial charge is 0.275 e. The molecular formula is C27H31F2N5O3. The van der Waals surface area contributed by atoms with E-state index in [4.69, 9.17) is 9.72 Å². The fourth-order valence-corrected chi connectivity index (χ4v) is 4.69. The minimum Gasteiger partial charge on any atom is -0.472 e. The first-order valence-electron chi connectivity index (χ1n) is 12.7. The summed E-state index contributed by atoms with van der Waals surface area (Å²) in [4.78, 5) is 26.6. The molecule has 1 N–H and O–H groups in total. The number of pyridine rings is 1. The summed E-state index contributed by atoms with van der Waals surface area (Å²) in [5.41, 5.74) is 2.13. The number of halogens is 2. The highest BCUT2D eigenvalue weighted by atomic mass is 19.1. The van der Waals surface area contributed by atoms with Crippen LogP contribution in [0.5, 0.6) is 5.88 Å². The number of hydrogen-bond donors (Lipinski definition) is 1. The van der Waals surface area contributed by atoms with Crippen LogP contribution in [0.25, 0.3) is 11.4 Å². The number of aryl methyl sites for hydroxylation is 1. The van der Waals surface area contributed by atoms with E-state index in [0.29, 0.717) is 54.8 Å². The Hall–Kier alpha value is -3.53. The van der Waals surface area contributed by atoms with E-state index in [1.54, 1.807) is 28.5 Å². The van der Waals surface area contributed by atoms with Crippen LogP contribution < -0.4 is 9.64 Å². The number of aliphatic hydroxyl groups excluding tert-OH is 1. The van der Waals surface area contributed by atoms with Gasteiger partial charge in [-0.05, 0) is 63.3 Å². The lowest BCUT2D eigenvalue weighted by Crippen LogP contribution is -2.47. The van der Waals surface area contributed by atoms with Gasteiger partial charge in [0.05, 0.1) is 12.4 Å². The van der Waals surface area contributed by atoms with Gasteiger partial charge < -0.3 is 24.2 Å². The van der Waals surface area contributed by atoms with Crippen molar-refractivity contribution in [2.24, 2.45) is 0 Å². The normalized spacial score (nSPS) is 15.6. The molecule has 0 unspecified atom stereocenters. The van der Waals surface area contributed by atoms with Crippen molar-refractivity contribution in [3.8, 4) is 17.3 Å². The van der Waals surface area contributed by atoms with Gasteiger partial charge in [0.2, 0.25) is 0 Å². The van der Waals surface area contributed by atoms with Gasteiger partial charge in [0.1, 0.15) is 17.7 Å². The molecule has 37 heavy (non-hydrogen) atoms. The summed E-state index contributed by atoms with van der Waals surface area (Å²) in [6.45, 7) is 5.29. The maximum Gasteiger partial charge on any atom is 0.275 e. The molecule has 2 aromatic heterocycles. The third kappa shape index (κ3) is 4.90. The topological polar surface area (TPSA) is 83.7 Å². The molecule has 10 heteroatoms. The van der Waals surface area contributed by atoms with E-state index in [-0.39, 0.29) is 36.9 Å². The van der Waals surface area contributed by atoms with E-state index in [1.165, 1.54) is 18.2 Å². The van der Waals surface area contributed by atoms with E-state index in [0.717, 1.165) is 24.8 Å². The summed E-state index contributed by atoms with van der Waals surface area (Å²) < 4.78 is 36.3. The first-order valence-corrected chi connectivity index (χ1v) is 12.7. The van der Waals surface area contributed by atoms with Crippen LogP contribution in [0.15, 0.2) is 30.3 Å². The van der Waals surface area contributed by atoms with E-state index in [2.05, 4.69) is 4.98 Å². The van der Waals surface area contributed by atoms with Crippen LogP contribution in [-0.4, -0.2) is 62.9 Å². The zero-order valence-electron chi connectivity index (χ0n) is 21.1. The summed E-state index contributed by atoms with van der Waals surface area (Å²) in [5, 5.41) is 9.33. The largest absolute Gasteiger partial charge is 0.472 e. The van der Waals surface area contributed by atoms with Gasteiger partial charge in [-0.3, -0.25) is 4.79 Å². The fourth-order valence-electron chi connectivity index (χ4n) is 4.69. The van der Waals surface area contributed by atoms with E-state index in [1.807, 2.05) is 11.8 Å². The van der Waals surface area contributed by atoms with Crippen molar-refractivity contribution < 1.29 is 23.4 Å². The highest BCUT2D eigenvalue weighted by Gasteiger charge is 2.36. The van der Waals surface area contributed by atoms with E-state index < -0.39 is 5.82 Å². The third-order valence-corrected chi connectivity index (χ3v) is 7.01. The summed E-state index contributed by atoms with van der Waals surface area (Å²) in [5.74, 6) is -0.253. The average molecular weight is 512 g/mol. The van der Waals surface area contributed by atoms with E-state index in [9.17, 15) is 14.3 Å². The molecule has 3 heterocycles. The first-order chi connectivity index (χ1) is 17.9. The highest BCUT2D eigenvalue weighted by Crippen LogP contribution is 2.36. The van der Waals surface area contributed by atoms with Crippen LogP contribution in [0.1, 0.15) is 54.4 Å². The van der Waals surface area contributed by atoms with Crippen LogP contribution in [-0.2, 0) is 6.54 Å². The quantitative estimate of drug-likeness (QED) is 0.465. The number of carbonyl (C=O) groups excluding carboxylic acids is 1. The predicted octanol–water partition coefficient (Wildman–Crippen LogP) is 4.13. The predicted molar refractivity (Wildman–Crippen MR) is 135 cm³/mol. The van der Waals surface area contributed by atoms with Crippen molar-refractivity contribution in [1.82, 2.24) is 19.4 Å². The Morgan fingerprint density at radius 3 is 2.54 bits per heavy atom. The number of imidazole rings is 1. The van der Waals surface area contributed by atoms with Gasteiger partial charge >= 0.3 is 0 Å². The van der Waals surface area contributed by atoms with Gasteiger partial charge in [0.15, 0.2) is 17.3 Å². The lowest BCUT2D eigenvalue weighted by Gasteiger charge is -2.35. The number of ether oxygens (including phenoxy) is 1. The molecule has 1 aliphatic carbocycles. The standard InChI is InChI=1S/C27H31F2N5O3/c1-3-32-16-33(12-5-13-35)27(36)23-25(32)31-24(34(23)15-18-8-10-19(28)11-9-18)21-14-22(29)26(30-17(21)2)37-20-6-4-7-20/h8-11,14,20,35H,3-7,12-13,15-16H2,1-2H3. The molecule has 0 saturated heterocycles. The minimum atomic E-state index is -0.579. The summed E-state index contributed by atoms with van der Waals surface area (Å²) >= 11 is 0. The van der Waals surface area contributed by atoms with Crippen molar-refractivity contribution in [3.63, 3.8) is 0 Å². The number of nitrogens with zero attached hydrogens (tertiary/aromatic N) is 5. The number of amides is 1. The highest BCUT2D eigenvalue weighted by molar-refractivity contribution is 6.00. The zero-order chi connectivity index (χ0) is 26.1. The van der Waals surface area contributed by atoms with Crippen molar-refractivity contribution in [2.45, 2.75) is 52.2 Å². The lowest BCUT2D eigenvalue weighted by molar-refractivity contribution is 0.0719. The van der Waals surface area contributed by atoms with Crippen LogP contribution >= 0.6 is 0 Å². The molecule has 0 spiro atoms. The molecule has 1 aliphatic heterocycles. The molecule has 5 rings (SSSR count). The molecule has 1 amide bonds. The molecule has 0 bridgehead atoms. The minimum absolute atomic E-state index is 0.0133. The Bertz CT molecular complexity index is 1290. The average Bonchev–Trinajstić information content (AvgIpc) is 3.23. The molecule has 0 radical (unpaired) electrons. The van der Waals surface area contributed by atoms with Crippen LogP contribution in [0, 0.1) is 18.6 Å². The molecule has 8 nitrogen and oxygen atoms in total. The molecular weight excluding hydrogens is 480 g/mol. The SMILES string of the molecule is CCN1CN(CCCO)C(=O)c2c1nc(-c1cc(F)c(OC3CCC3)nc1C)n2Cc1ccc(F)cc1. The van der Waals surface area contributed by atoms with Crippen molar-refractivity contribution >= 4 is 11.7 Å². The number of aliphatic hydroxyl groups is 1. The van der Waals surface area contributed by atoms with Crippen molar-refractivity contribution in [3.05, 3.63) is 58.9 Å². The lowest BCUT2D eigenvalue weighted by atomic mass is 9.96. The monoisotopic (exact) mass is 511 g/mol. The maximum absolute atomic E-state index is 15.2. The second-order valence-corrected chi connectivity index (χ2v) is 9.54. The Balaban J connectivity index is 1.62. The van der Waals surface area contributed by atoms with Gasteiger partial charge in [-0.1, -0.05) is 12.1 Å². The number of hydrogen-bond acceptors (Lipinski definition) is 6. The molecule has 196 valence electrons. The van der Waals surface area contributed by atoms with Crippen molar-refractivity contribution in [1.29, 1.82) is 0 Å². The number of benzene rings is 1. The zero-order valence-corrected chi connectivity index (χ0v) is 21.1.